The number of nitrogens with one attached hydrogen (secondary N) is 1. The molecule has 0 aromatic carbocycles. The van der Waals surface area contributed by atoms with E-state index >= 15 is 0 Å². The molecule has 0 spiro atoms. The molecule has 4 heterocycles. The fourth-order valence-electron chi connectivity index (χ4n) is 3.61. The molecule has 0 radical (unpaired) electrons. The van der Waals surface area contributed by atoms with Crippen LogP contribution in [0.5, 0.6) is 0 Å². The minimum Gasteiger partial charge on any atom is -0.357 e. The molecule has 1 amide bonds. The zero-order valence-electron chi connectivity index (χ0n) is 16.1. The molecule has 3 aromatic rings. The Hall–Kier alpha value is -3.17. The van der Waals surface area contributed by atoms with Crippen LogP contribution in [0.25, 0.3) is 5.65 Å². The van der Waals surface area contributed by atoms with Gasteiger partial charge < -0.3 is 10.2 Å². The number of alkyl halides is 3. The van der Waals surface area contributed by atoms with Gasteiger partial charge in [0.2, 0.25) is 5.91 Å². The standard InChI is InChI=1S/C20H21F3N6O/c21-20(22,23)15-4-5-16(25-13-15)28-11-7-14(8-12-28)19(30)24-9-6-18-27-26-17-3-1-2-10-29(17)18/h1-5,10,13-14H,6-9,11-12H2,(H,24,30). The van der Waals surface area contributed by atoms with Crippen molar-refractivity contribution < 1.29 is 18.0 Å². The Kier molecular flexibility index (Phi) is 5.56. The maximum Gasteiger partial charge on any atom is 0.417 e. The predicted octanol–water partition coefficient (Wildman–Crippen LogP) is 2.72. The highest BCUT2D eigenvalue weighted by Gasteiger charge is 2.31. The van der Waals surface area contributed by atoms with Gasteiger partial charge in [-0.25, -0.2) is 4.98 Å². The lowest BCUT2D eigenvalue weighted by Crippen LogP contribution is -2.41. The normalized spacial score (nSPS) is 15.5. The second kappa shape index (κ2) is 8.29. The van der Waals surface area contributed by atoms with E-state index in [4.69, 9.17) is 0 Å². The van der Waals surface area contributed by atoms with Gasteiger partial charge in [0.1, 0.15) is 11.6 Å². The molecule has 1 aliphatic heterocycles. The molecule has 4 rings (SSSR count). The number of piperidine rings is 1. The molecular weight excluding hydrogens is 397 g/mol. The van der Waals surface area contributed by atoms with Crippen molar-refractivity contribution in [1.82, 2.24) is 24.9 Å². The van der Waals surface area contributed by atoms with Crippen molar-refractivity contribution in [2.75, 3.05) is 24.5 Å². The quantitative estimate of drug-likeness (QED) is 0.690. The number of anilines is 1. The van der Waals surface area contributed by atoms with Gasteiger partial charge in [-0.1, -0.05) is 6.07 Å². The van der Waals surface area contributed by atoms with Crippen molar-refractivity contribution in [3.05, 3.63) is 54.1 Å². The molecule has 0 atom stereocenters. The zero-order valence-corrected chi connectivity index (χ0v) is 16.1. The van der Waals surface area contributed by atoms with Gasteiger partial charge >= 0.3 is 6.18 Å². The van der Waals surface area contributed by atoms with Gasteiger partial charge in [-0.2, -0.15) is 13.2 Å². The monoisotopic (exact) mass is 418 g/mol. The summed E-state index contributed by atoms with van der Waals surface area (Å²) in [4.78, 5) is 18.3. The number of aromatic nitrogens is 4. The van der Waals surface area contributed by atoms with Gasteiger partial charge in [-0.15, -0.1) is 10.2 Å². The molecule has 7 nitrogen and oxygen atoms in total. The van der Waals surface area contributed by atoms with Crippen molar-refractivity contribution >= 4 is 17.4 Å². The Balaban J connectivity index is 1.25. The van der Waals surface area contributed by atoms with Crippen LogP contribution in [0, 0.1) is 5.92 Å². The molecule has 0 aliphatic carbocycles. The highest BCUT2D eigenvalue weighted by Crippen LogP contribution is 2.30. The van der Waals surface area contributed by atoms with Crippen molar-refractivity contribution in [3.8, 4) is 0 Å². The average molecular weight is 418 g/mol. The Morgan fingerprint density at radius 1 is 1.13 bits per heavy atom. The number of fused-ring (bicyclic) bond motifs is 1. The Morgan fingerprint density at radius 2 is 1.93 bits per heavy atom. The minimum atomic E-state index is -4.39. The fourth-order valence-corrected chi connectivity index (χ4v) is 3.61. The first kappa shape index (κ1) is 20.1. The number of rotatable bonds is 5. The van der Waals surface area contributed by atoms with Crippen LogP contribution in [0.4, 0.5) is 19.0 Å². The molecule has 10 heteroatoms. The first-order valence-electron chi connectivity index (χ1n) is 9.76. The third-order valence-electron chi connectivity index (χ3n) is 5.30. The van der Waals surface area contributed by atoms with E-state index in [1.807, 2.05) is 33.7 Å². The average Bonchev–Trinajstić information content (AvgIpc) is 3.16. The smallest absolute Gasteiger partial charge is 0.357 e. The van der Waals surface area contributed by atoms with Crippen LogP contribution < -0.4 is 10.2 Å². The largest absolute Gasteiger partial charge is 0.417 e. The van der Waals surface area contributed by atoms with Crippen LogP contribution in [0.1, 0.15) is 24.2 Å². The number of amides is 1. The van der Waals surface area contributed by atoms with Crippen LogP contribution in [0.15, 0.2) is 42.7 Å². The van der Waals surface area contributed by atoms with Gasteiger partial charge in [0.25, 0.3) is 0 Å². The summed E-state index contributed by atoms with van der Waals surface area (Å²) in [5.41, 5.74) is 0.00374. The molecular formula is C20H21F3N6O. The van der Waals surface area contributed by atoms with E-state index in [9.17, 15) is 18.0 Å². The molecule has 1 aliphatic rings. The van der Waals surface area contributed by atoms with E-state index < -0.39 is 11.7 Å². The molecule has 1 N–H and O–H groups in total. The lowest BCUT2D eigenvalue weighted by atomic mass is 9.96. The van der Waals surface area contributed by atoms with Crippen molar-refractivity contribution in [3.63, 3.8) is 0 Å². The summed E-state index contributed by atoms with van der Waals surface area (Å²) in [6.45, 7) is 1.62. The summed E-state index contributed by atoms with van der Waals surface area (Å²) in [6, 6.07) is 8.08. The van der Waals surface area contributed by atoms with Gasteiger partial charge in [0.15, 0.2) is 5.65 Å². The van der Waals surface area contributed by atoms with Crippen molar-refractivity contribution in [1.29, 1.82) is 0 Å². The SMILES string of the molecule is O=C(NCCc1nnc2ccccn12)C1CCN(c2ccc(C(F)(F)F)cn2)CC1. The predicted molar refractivity (Wildman–Crippen MR) is 104 cm³/mol. The number of pyridine rings is 2. The van der Waals surface area contributed by atoms with E-state index in [1.54, 1.807) is 0 Å². The number of carbonyl (C=O) groups excluding carboxylic acids is 1. The fraction of sp³-hybridized carbons (Fsp3) is 0.400. The lowest BCUT2D eigenvalue weighted by Gasteiger charge is -2.32. The molecule has 0 saturated carbocycles. The Labute approximate surface area is 170 Å². The second-order valence-electron chi connectivity index (χ2n) is 7.25. The Morgan fingerprint density at radius 3 is 2.63 bits per heavy atom. The number of hydrogen-bond donors (Lipinski definition) is 1. The molecule has 0 bridgehead atoms. The maximum absolute atomic E-state index is 12.7. The van der Waals surface area contributed by atoms with Gasteiger partial charge in [0, 0.05) is 44.4 Å². The van der Waals surface area contributed by atoms with E-state index in [2.05, 4.69) is 20.5 Å². The summed E-state index contributed by atoms with van der Waals surface area (Å²) in [5.74, 6) is 1.16. The van der Waals surface area contributed by atoms with Crippen LogP contribution in [0.3, 0.4) is 0 Å². The number of nitrogens with zero attached hydrogens (tertiary/aromatic N) is 5. The second-order valence-corrected chi connectivity index (χ2v) is 7.25. The van der Waals surface area contributed by atoms with Crippen LogP contribution >= 0.6 is 0 Å². The van der Waals surface area contributed by atoms with Gasteiger partial charge in [-0.05, 0) is 37.1 Å². The van der Waals surface area contributed by atoms with E-state index in [1.165, 1.54) is 6.07 Å². The Bertz CT molecular complexity index is 1010. The summed E-state index contributed by atoms with van der Waals surface area (Å²) in [7, 11) is 0. The first-order chi connectivity index (χ1) is 14.4. The third-order valence-corrected chi connectivity index (χ3v) is 5.30. The summed E-state index contributed by atoms with van der Waals surface area (Å²) < 4.78 is 39.9. The molecule has 0 unspecified atom stereocenters. The minimum absolute atomic E-state index is 0.0103. The van der Waals surface area contributed by atoms with Crippen molar-refractivity contribution in [2.24, 2.45) is 5.92 Å². The van der Waals surface area contributed by atoms with Gasteiger partial charge in [0.05, 0.1) is 5.56 Å². The van der Waals surface area contributed by atoms with Crippen molar-refractivity contribution in [2.45, 2.75) is 25.4 Å². The zero-order chi connectivity index (χ0) is 21.1. The highest BCUT2D eigenvalue weighted by atomic mass is 19.4. The number of hydrogen-bond acceptors (Lipinski definition) is 5. The summed E-state index contributed by atoms with van der Waals surface area (Å²) in [6.07, 6.45) is 0.172. The van der Waals surface area contributed by atoms with E-state index in [-0.39, 0.29) is 11.8 Å². The summed E-state index contributed by atoms with van der Waals surface area (Å²) >= 11 is 0. The van der Waals surface area contributed by atoms with Crippen LogP contribution in [0.2, 0.25) is 0 Å². The molecule has 158 valence electrons. The summed E-state index contributed by atoms with van der Waals surface area (Å²) in [5, 5.41) is 11.2. The lowest BCUT2D eigenvalue weighted by molar-refractivity contribution is -0.137. The highest BCUT2D eigenvalue weighted by molar-refractivity contribution is 5.79. The topological polar surface area (TPSA) is 75.4 Å². The molecule has 30 heavy (non-hydrogen) atoms. The van der Waals surface area contributed by atoms with Crippen LogP contribution in [-0.2, 0) is 17.4 Å². The first-order valence-corrected chi connectivity index (χ1v) is 9.76. The molecule has 1 saturated heterocycles. The van der Waals surface area contributed by atoms with E-state index in [0.29, 0.717) is 44.7 Å². The van der Waals surface area contributed by atoms with Gasteiger partial charge in [-0.3, -0.25) is 9.20 Å². The van der Waals surface area contributed by atoms with Crippen LogP contribution in [-0.4, -0.2) is 45.1 Å². The molecule has 1 fully saturated rings. The molecule has 3 aromatic heterocycles. The number of halogens is 3. The number of carbonyl (C=O) groups is 1. The maximum atomic E-state index is 12.7. The third kappa shape index (κ3) is 4.37. The van der Waals surface area contributed by atoms with E-state index in [0.717, 1.165) is 23.7 Å².